The third-order valence-electron chi connectivity index (χ3n) is 4.95. The van der Waals surface area contributed by atoms with E-state index in [1.54, 1.807) is 41.5 Å². The van der Waals surface area contributed by atoms with Crippen LogP contribution in [0.4, 0.5) is 14.0 Å². The molecule has 1 aliphatic heterocycles. The molecule has 1 N–H and O–H groups in total. The lowest BCUT2D eigenvalue weighted by molar-refractivity contribution is -0.161. The average Bonchev–Trinajstić information content (AvgIpc) is 2.71. The molecule has 0 radical (unpaired) electrons. The van der Waals surface area contributed by atoms with Gasteiger partial charge < -0.3 is 24.1 Å². The minimum absolute atomic E-state index is 0.00772. The van der Waals surface area contributed by atoms with Crippen molar-refractivity contribution in [1.82, 2.24) is 4.90 Å². The minimum atomic E-state index is -1.35. The highest BCUT2D eigenvalue weighted by atomic mass is 19.1. The van der Waals surface area contributed by atoms with Crippen molar-refractivity contribution in [2.75, 3.05) is 0 Å². The maximum Gasteiger partial charge on any atom is 0.420 e. The zero-order valence-corrected chi connectivity index (χ0v) is 21.4. The van der Waals surface area contributed by atoms with Gasteiger partial charge in [0.25, 0.3) is 0 Å². The Morgan fingerprint density at radius 2 is 1.63 bits per heavy atom. The zero-order chi connectivity index (χ0) is 26.6. The van der Waals surface area contributed by atoms with Crippen LogP contribution < -0.4 is 4.74 Å². The summed E-state index contributed by atoms with van der Waals surface area (Å²) in [6.45, 7) is 11.3. The second-order valence-electron chi connectivity index (χ2n) is 10.5. The first-order valence-electron chi connectivity index (χ1n) is 11.6. The molecule has 0 aromatic heterocycles. The number of amides is 2. The van der Waals surface area contributed by atoms with Crippen LogP contribution in [0.25, 0.3) is 0 Å². The molecule has 10 heteroatoms. The molecule has 0 saturated carbocycles. The van der Waals surface area contributed by atoms with E-state index >= 15 is 0 Å². The van der Waals surface area contributed by atoms with Gasteiger partial charge in [-0.1, -0.05) is 6.07 Å². The fourth-order valence-corrected chi connectivity index (χ4v) is 3.50. The summed E-state index contributed by atoms with van der Waals surface area (Å²) in [4.78, 5) is 39.8. The SMILES string of the molecule is CC1OC(=O)C(N(C(=O)OC(C)(C)C)C(=O)OC(C)(C)C)CCCC(O)C1Oc1cccc(F)c1. The maximum absolute atomic E-state index is 13.6. The van der Waals surface area contributed by atoms with E-state index in [0.29, 0.717) is 4.90 Å². The number of carbonyl (C=O) groups is 3. The van der Waals surface area contributed by atoms with E-state index in [1.807, 2.05) is 0 Å². The van der Waals surface area contributed by atoms with Gasteiger partial charge in [-0.15, -0.1) is 0 Å². The number of ether oxygens (including phenoxy) is 4. The van der Waals surface area contributed by atoms with Gasteiger partial charge in [-0.3, -0.25) is 0 Å². The van der Waals surface area contributed by atoms with Crippen molar-refractivity contribution < 1.29 is 42.8 Å². The van der Waals surface area contributed by atoms with Crippen LogP contribution in [0.3, 0.4) is 0 Å². The molecular weight excluding hydrogens is 461 g/mol. The molecule has 196 valence electrons. The first-order chi connectivity index (χ1) is 16.1. The Hall–Kier alpha value is -2.88. The summed E-state index contributed by atoms with van der Waals surface area (Å²) in [5.41, 5.74) is -1.87. The number of aliphatic hydroxyl groups excluding tert-OH is 1. The third-order valence-corrected chi connectivity index (χ3v) is 4.95. The van der Waals surface area contributed by atoms with Gasteiger partial charge in [-0.2, -0.15) is 4.90 Å². The van der Waals surface area contributed by atoms with E-state index in [1.165, 1.54) is 25.1 Å². The summed E-state index contributed by atoms with van der Waals surface area (Å²) in [5, 5.41) is 10.7. The smallest absolute Gasteiger partial charge is 0.420 e. The van der Waals surface area contributed by atoms with E-state index < -0.39 is 59.5 Å². The molecule has 1 heterocycles. The highest BCUT2D eigenvalue weighted by Gasteiger charge is 2.43. The van der Waals surface area contributed by atoms with Gasteiger partial charge in [0.15, 0.2) is 6.10 Å². The van der Waals surface area contributed by atoms with Crippen molar-refractivity contribution in [3.63, 3.8) is 0 Å². The maximum atomic E-state index is 13.6. The molecule has 4 unspecified atom stereocenters. The van der Waals surface area contributed by atoms with Crippen LogP contribution in [-0.4, -0.2) is 63.7 Å². The van der Waals surface area contributed by atoms with E-state index in [-0.39, 0.29) is 25.0 Å². The second-order valence-corrected chi connectivity index (χ2v) is 10.5. The molecule has 2 amide bonds. The third kappa shape index (κ3) is 8.69. The number of halogens is 1. The van der Waals surface area contributed by atoms with Gasteiger partial charge in [-0.25, -0.2) is 18.8 Å². The molecule has 1 fully saturated rings. The summed E-state index contributed by atoms with van der Waals surface area (Å²) in [6.07, 6.45) is -4.71. The number of nitrogens with zero attached hydrogens (tertiary/aromatic N) is 1. The highest BCUT2D eigenvalue weighted by Crippen LogP contribution is 2.26. The Balaban J connectivity index is 2.33. The van der Waals surface area contributed by atoms with Crippen molar-refractivity contribution in [2.45, 2.75) is 103 Å². The Morgan fingerprint density at radius 1 is 1.06 bits per heavy atom. The van der Waals surface area contributed by atoms with Crippen molar-refractivity contribution in [2.24, 2.45) is 0 Å². The predicted molar refractivity (Wildman–Crippen MR) is 124 cm³/mol. The Labute approximate surface area is 205 Å². The largest absolute Gasteiger partial charge is 0.484 e. The summed E-state index contributed by atoms with van der Waals surface area (Å²) >= 11 is 0. The molecule has 0 spiro atoms. The molecule has 1 aromatic carbocycles. The fourth-order valence-electron chi connectivity index (χ4n) is 3.50. The number of carbonyl (C=O) groups excluding carboxylic acids is 3. The zero-order valence-electron chi connectivity index (χ0n) is 21.4. The first kappa shape index (κ1) is 28.4. The fraction of sp³-hybridized carbons (Fsp3) is 0.640. The van der Waals surface area contributed by atoms with Gasteiger partial charge in [0.1, 0.15) is 34.9 Å². The van der Waals surface area contributed by atoms with Gasteiger partial charge in [0, 0.05) is 6.07 Å². The first-order valence-corrected chi connectivity index (χ1v) is 11.6. The van der Waals surface area contributed by atoms with Gasteiger partial charge in [0.05, 0.1) is 6.10 Å². The quantitative estimate of drug-likeness (QED) is 0.477. The standard InChI is InChI=1S/C25H36FNO8/c1-15-20(33-17-11-8-10-16(26)14-17)19(28)13-9-12-18(21(29)32-15)27(22(30)34-24(2,3)4)23(31)35-25(5,6)7/h8,10-11,14-15,18-20,28H,9,12-13H2,1-7H3. The Bertz CT molecular complexity index is 879. The van der Waals surface area contributed by atoms with Crippen molar-refractivity contribution in [3.8, 4) is 5.75 Å². The van der Waals surface area contributed by atoms with E-state index in [4.69, 9.17) is 18.9 Å². The normalized spacial score (nSPS) is 23.7. The van der Waals surface area contributed by atoms with Gasteiger partial charge in [-0.05, 0) is 79.9 Å². The summed E-state index contributed by atoms with van der Waals surface area (Å²) in [6, 6.07) is 4.04. The molecule has 2 rings (SSSR count). The topological polar surface area (TPSA) is 112 Å². The van der Waals surface area contributed by atoms with E-state index in [2.05, 4.69) is 0 Å². The number of imide groups is 1. The second kappa shape index (κ2) is 11.2. The van der Waals surface area contributed by atoms with Crippen LogP contribution in [0.15, 0.2) is 24.3 Å². The molecule has 1 aliphatic rings. The van der Waals surface area contributed by atoms with Crippen LogP contribution in [0.5, 0.6) is 5.75 Å². The summed E-state index contributed by atoms with van der Waals surface area (Å²) in [5.74, 6) is -1.23. The molecule has 4 atom stereocenters. The summed E-state index contributed by atoms with van der Waals surface area (Å²) < 4.78 is 35.6. The monoisotopic (exact) mass is 497 g/mol. The lowest BCUT2D eigenvalue weighted by Gasteiger charge is -2.33. The van der Waals surface area contributed by atoms with Crippen molar-refractivity contribution in [3.05, 3.63) is 30.1 Å². The molecule has 35 heavy (non-hydrogen) atoms. The number of hydrogen-bond donors (Lipinski definition) is 1. The molecule has 1 aromatic rings. The van der Waals surface area contributed by atoms with Crippen molar-refractivity contribution >= 4 is 18.2 Å². The number of rotatable bonds is 3. The van der Waals surface area contributed by atoms with Crippen LogP contribution in [0.1, 0.15) is 67.7 Å². The van der Waals surface area contributed by atoms with Crippen LogP contribution in [-0.2, 0) is 19.0 Å². The molecule has 0 bridgehead atoms. The predicted octanol–water partition coefficient (Wildman–Crippen LogP) is 4.59. The van der Waals surface area contributed by atoms with E-state index in [0.717, 1.165) is 6.07 Å². The van der Waals surface area contributed by atoms with Crippen LogP contribution >= 0.6 is 0 Å². The van der Waals surface area contributed by atoms with Gasteiger partial charge in [0.2, 0.25) is 0 Å². The van der Waals surface area contributed by atoms with Crippen molar-refractivity contribution in [1.29, 1.82) is 0 Å². The van der Waals surface area contributed by atoms with Gasteiger partial charge >= 0.3 is 18.2 Å². The lowest BCUT2D eigenvalue weighted by Crippen LogP contribution is -2.53. The highest BCUT2D eigenvalue weighted by molar-refractivity contribution is 5.94. The number of benzene rings is 1. The molecular formula is C25H36FNO8. The number of esters is 1. The lowest BCUT2D eigenvalue weighted by atomic mass is 10.0. The van der Waals surface area contributed by atoms with Crippen LogP contribution in [0.2, 0.25) is 0 Å². The summed E-state index contributed by atoms with van der Waals surface area (Å²) in [7, 11) is 0. The van der Waals surface area contributed by atoms with E-state index in [9.17, 15) is 23.9 Å². The number of aliphatic hydroxyl groups is 1. The molecule has 1 saturated heterocycles. The Morgan fingerprint density at radius 3 is 2.14 bits per heavy atom. The number of cyclic esters (lactones) is 1. The number of hydrogen-bond acceptors (Lipinski definition) is 8. The minimum Gasteiger partial charge on any atom is -0.484 e. The molecule has 0 aliphatic carbocycles. The molecule has 9 nitrogen and oxygen atoms in total. The Kier molecular flexibility index (Phi) is 9.11. The van der Waals surface area contributed by atoms with Crippen LogP contribution in [0, 0.1) is 5.82 Å². The average molecular weight is 498 g/mol.